The molecule has 1 aliphatic rings. The van der Waals surface area contributed by atoms with Crippen LogP contribution in [-0.4, -0.2) is 6.54 Å². The highest BCUT2D eigenvalue weighted by Gasteiger charge is 2.24. The molecule has 1 atom stereocenters. The van der Waals surface area contributed by atoms with Crippen LogP contribution in [0.1, 0.15) is 59.6 Å². The molecule has 0 amide bonds. The van der Waals surface area contributed by atoms with Gasteiger partial charge in [-0.3, -0.25) is 0 Å². The predicted molar refractivity (Wildman–Crippen MR) is 130 cm³/mol. The second-order valence-corrected chi connectivity index (χ2v) is 8.42. The lowest BCUT2D eigenvalue weighted by atomic mass is 9.79. The van der Waals surface area contributed by atoms with E-state index in [-0.39, 0.29) is 0 Å². The van der Waals surface area contributed by atoms with Crippen LogP contribution in [0, 0.1) is 0 Å². The van der Waals surface area contributed by atoms with Crippen molar-refractivity contribution in [3.8, 4) is 0 Å². The number of hydrogen-bond donors (Lipinski definition) is 0. The molecule has 1 unspecified atom stereocenters. The molecule has 0 saturated carbocycles. The molecule has 154 valence electrons. The lowest BCUT2D eigenvalue weighted by molar-refractivity contribution is 0.582. The molecule has 0 saturated heterocycles. The Morgan fingerprint density at radius 3 is 2.37 bits per heavy atom. The van der Waals surface area contributed by atoms with Crippen LogP contribution in [-0.2, 0) is 25.8 Å². The van der Waals surface area contributed by atoms with Crippen molar-refractivity contribution in [3.63, 3.8) is 0 Å². The van der Waals surface area contributed by atoms with E-state index >= 15 is 0 Å². The van der Waals surface area contributed by atoms with Crippen LogP contribution in [0.2, 0.25) is 0 Å². The van der Waals surface area contributed by atoms with Crippen LogP contribution in [0.25, 0.3) is 6.08 Å². The zero-order valence-electron chi connectivity index (χ0n) is 18.4. The first-order chi connectivity index (χ1) is 14.7. The summed E-state index contributed by atoms with van der Waals surface area (Å²) >= 11 is 0. The quantitative estimate of drug-likeness (QED) is 0.409. The Bertz CT molecular complexity index is 999. The molecule has 1 aliphatic carbocycles. The zero-order chi connectivity index (χ0) is 20.9. The summed E-state index contributed by atoms with van der Waals surface area (Å²) in [6.45, 7) is 10.3. The minimum Gasteiger partial charge on any atom is -0.367 e. The Hall–Kier alpha value is -2.80. The minimum absolute atomic E-state index is 0.595. The highest BCUT2D eigenvalue weighted by atomic mass is 15.1. The Morgan fingerprint density at radius 2 is 1.67 bits per heavy atom. The molecule has 0 radical (unpaired) electrons. The zero-order valence-corrected chi connectivity index (χ0v) is 18.4. The van der Waals surface area contributed by atoms with E-state index in [0.29, 0.717) is 5.92 Å². The van der Waals surface area contributed by atoms with Crippen molar-refractivity contribution in [2.45, 2.75) is 52.0 Å². The smallest absolute Gasteiger partial charge is 0.0429 e. The van der Waals surface area contributed by atoms with Crippen LogP contribution < -0.4 is 4.90 Å². The first-order valence-corrected chi connectivity index (χ1v) is 11.4. The van der Waals surface area contributed by atoms with Gasteiger partial charge >= 0.3 is 0 Å². The maximum absolute atomic E-state index is 3.87. The molecule has 0 aromatic heterocycles. The molecule has 1 nitrogen and oxygen atoms in total. The lowest BCUT2D eigenvalue weighted by Crippen LogP contribution is -2.25. The molecular weight excluding hydrogens is 362 g/mol. The Morgan fingerprint density at radius 1 is 0.933 bits per heavy atom. The summed E-state index contributed by atoms with van der Waals surface area (Å²) in [5.41, 5.74) is 9.96. The van der Waals surface area contributed by atoms with Gasteiger partial charge in [0.2, 0.25) is 0 Å². The minimum atomic E-state index is 0.595. The van der Waals surface area contributed by atoms with Crippen molar-refractivity contribution >= 4 is 11.8 Å². The van der Waals surface area contributed by atoms with Gasteiger partial charge in [0, 0.05) is 18.8 Å². The van der Waals surface area contributed by atoms with Crippen molar-refractivity contribution in [3.05, 3.63) is 107 Å². The first-order valence-electron chi connectivity index (χ1n) is 11.4. The fourth-order valence-corrected chi connectivity index (χ4v) is 4.74. The number of aryl methyl sites for hydroxylation is 2. The van der Waals surface area contributed by atoms with E-state index in [2.05, 4.69) is 92.1 Å². The molecule has 0 heterocycles. The fourth-order valence-electron chi connectivity index (χ4n) is 4.74. The second kappa shape index (κ2) is 9.34. The predicted octanol–water partition coefficient (Wildman–Crippen LogP) is 7.19. The van der Waals surface area contributed by atoms with E-state index in [9.17, 15) is 0 Å². The van der Waals surface area contributed by atoms with Crippen molar-refractivity contribution in [1.82, 2.24) is 0 Å². The third-order valence-corrected chi connectivity index (χ3v) is 6.60. The fraction of sp³-hybridized carbons (Fsp3) is 0.310. The monoisotopic (exact) mass is 395 g/mol. The Kier molecular flexibility index (Phi) is 6.38. The van der Waals surface area contributed by atoms with E-state index < -0.39 is 0 Å². The van der Waals surface area contributed by atoms with Gasteiger partial charge in [-0.25, -0.2) is 0 Å². The van der Waals surface area contributed by atoms with Crippen LogP contribution >= 0.6 is 0 Å². The van der Waals surface area contributed by atoms with Gasteiger partial charge in [0.1, 0.15) is 0 Å². The lowest BCUT2D eigenvalue weighted by Gasteiger charge is -2.32. The van der Waals surface area contributed by atoms with Crippen LogP contribution in [0.3, 0.4) is 0 Å². The molecular formula is C29H33N. The van der Waals surface area contributed by atoms with E-state index in [1.54, 1.807) is 0 Å². The topological polar surface area (TPSA) is 3.24 Å². The van der Waals surface area contributed by atoms with E-state index in [1.165, 1.54) is 51.9 Å². The standard InChI is InChI=1S/C29H33N/c1-4-22-11-13-24(14-12-22)21-30(6-3)29-19-23(5-2)15-18-28(29)27-17-16-25-9-7-8-10-26(25)20-27/h4,7-15,18-19,27H,1,5-6,16-17,20-21H2,2-3H3. The first kappa shape index (κ1) is 20.5. The average molecular weight is 396 g/mol. The van der Waals surface area contributed by atoms with Crippen molar-refractivity contribution in [2.24, 2.45) is 0 Å². The highest BCUT2D eigenvalue weighted by molar-refractivity contribution is 5.58. The van der Waals surface area contributed by atoms with Crippen molar-refractivity contribution < 1.29 is 0 Å². The molecule has 0 N–H and O–H groups in total. The number of rotatable bonds is 7. The van der Waals surface area contributed by atoms with Crippen LogP contribution in [0.5, 0.6) is 0 Å². The maximum atomic E-state index is 3.87. The molecule has 1 heteroatoms. The third-order valence-electron chi connectivity index (χ3n) is 6.60. The third kappa shape index (κ3) is 4.36. The molecule has 0 spiro atoms. The average Bonchev–Trinajstić information content (AvgIpc) is 2.82. The van der Waals surface area contributed by atoms with Gasteiger partial charge in [-0.1, -0.05) is 80.2 Å². The number of fused-ring (bicyclic) bond motifs is 1. The molecule has 4 rings (SSSR count). The molecule has 0 bridgehead atoms. The number of benzene rings is 3. The highest BCUT2D eigenvalue weighted by Crippen LogP contribution is 2.38. The Labute approximate surface area is 182 Å². The van der Waals surface area contributed by atoms with Gasteiger partial charge < -0.3 is 4.90 Å². The van der Waals surface area contributed by atoms with Gasteiger partial charge in [-0.2, -0.15) is 0 Å². The van der Waals surface area contributed by atoms with Gasteiger partial charge in [0.05, 0.1) is 0 Å². The maximum Gasteiger partial charge on any atom is 0.0429 e. The Balaban J connectivity index is 1.66. The van der Waals surface area contributed by atoms with Gasteiger partial charge in [-0.15, -0.1) is 0 Å². The van der Waals surface area contributed by atoms with E-state index in [4.69, 9.17) is 0 Å². The molecule has 0 fully saturated rings. The van der Waals surface area contributed by atoms with E-state index in [1.807, 2.05) is 6.08 Å². The number of anilines is 1. The normalized spacial score (nSPS) is 15.5. The summed E-state index contributed by atoms with van der Waals surface area (Å²) in [4.78, 5) is 2.55. The SMILES string of the molecule is C=Cc1ccc(CN(CC)c2cc(CC)ccc2C2CCc3ccccc3C2)cc1. The van der Waals surface area contributed by atoms with Crippen molar-refractivity contribution in [1.29, 1.82) is 0 Å². The number of hydrogen-bond acceptors (Lipinski definition) is 1. The van der Waals surface area contributed by atoms with Gasteiger partial charge in [0.15, 0.2) is 0 Å². The van der Waals surface area contributed by atoms with Crippen LogP contribution in [0.4, 0.5) is 5.69 Å². The summed E-state index contributed by atoms with van der Waals surface area (Å²) in [7, 11) is 0. The summed E-state index contributed by atoms with van der Waals surface area (Å²) in [5.74, 6) is 0.595. The molecule has 3 aromatic carbocycles. The molecule has 30 heavy (non-hydrogen) atoms. The van der Waals surface area contributed by atoms with Crippen molar-refractivity contribution in [2.75, 3.05) is 11.4 Å². The van der Waals surface area contributed by atoms with Gasteiger partial charge in [0.25, 0.3) is 0 Å². The molecule has 0 aliphatic heterocycles. The van der Waals surface area contributed by atoms with Gasteiger partial charge in [-0.05, 0) is 78.0 Å². The van der Waals surface area contributed by atoms with Crippen LogP contribution in [0.15, 0.2) is 73.3 Å². The molecule has 3 aromatic rings. The second-order valence-electron chi connectivity index (χ2n) is 8.42. The number of nitrogens with zero attached hydrogens (tertiary/aromatic N) is 1. The summed E-state index contributed by atoms with van der Waals surface area (Å²) in [5, 5.41) is 0. The van der Waals surface area contributed by atoms with E-state index in [0.717, 1.165) is 25.9 Å². The largest absolute Gasteiger partial charge is 0.367 e. The summed E-state index contributed by atoms with van der Waals surface area (Å²) < 4.78 is 0. The summed E-state index contributed by atoms with van der Waals surface area (Å²) in [6, 6.07) is 25.0. The summed E-state index contributed by atoms with van der Waals surface area (Å²) in [6.07, 6.45) is 6.56.